The van der Waals surface area contributed by atoms with Crippen molar-refractivity contribution in [2.45, 2.75) is 47.0 Å². The van der Waals surface area contributed by atoms with Gasteiger partial charge in [0, 0.05) is 29.9 Å². The Morgan fingerprint density at radius 1 is 0.903 bits per heavy atom. The highest BCUT2D eigenvalue weighted by atomic mass is 16.2. The molecule has 1 aromatic heterocycles. The summed E-state index contributed by atoms with van der Waals surface area (Å²) < 4.78 is 1.93. The zero-order valence-electron chi connectivity index (χ0n) is 18.6. The maximum Gasteiger partial charge on any atom is 0.224 e. The van der Waals surface area contributed by atoms with Crippen LogP contribution in [0.1, 0.15) is 43.6 Å². The lowest BCUT2D eigenvalue weighted by Gasteiger charge is -2.09. The monoisotopic (exact) mass is 418 g/mol. The van der Waals surface area contributed by atoms with Crippen LogP contribution in [0.15, 0.2) is 54.6 Å². The summed E-state index contributed by atoms with van der Waals surface area (Å²) in [5, 5.41) is 10.4. The van der Waals surface area contributed by atoms with Crippen LogP contribution in [0.2, 0.25) is 0 Å². The summed E-state index contributed by atoms with van der Waals surface area (Å²) in [5.74, 6) is 0.252. The van der Waals surface area contributed by atoms with Gasteiger partial charge in [0.25, 0.3) is 0 Å². The van der Waals surface area contributed by atoms with E-state index in [4.69, 9.17) is 0 Å². The molecule has 0 fully saturated rings. The van der Waals surface area contributed by atoms with Crippen LogP contribution >= 0.6 is 0 Å². The fourth-order valence-corrected chi connectivity index (χ4v) is 3.54. The van der Waals surface area contributed by atoms with E-state index in [9.17, 15) is 9.59 Å². The maximum absolute atomic E-state index is 12.5. The molecule has 0 saturated carbocycles. The van der Waals surface area contributed by atoms with Gasteiger partial charge in [-0.2, -0.15) is 5.10 Å². The molecule has 31 heavy (non-hydrogen) atoms. The van der Waals surface area contributed by atoms with E-state index in [2.05, 4.69) is 15.7 Å². The lowest BCUT2D eigenvalue weighted by molar-refractivity contribution is -0.117. The lowest BCUT2D eigenvalue weighted by atomic mass is 10.1. The van der Waals surface area contributed by atoms with E-state index in [1.807, 2.05) is 62.7 Å². The van der Waals surface area contributed by atoms with Crippen LogP contribution in [0.4, 0.5) is 11.4 Å². The summed E-state index contributed by atoms with van der Waals surface area (Å²) in [5.41, 5.74) is 5.54. The first kappa shape index (κ1) is 22.3. The Balaban J connectivity index is 1.56. The molecule has 0 saturated heterocycles. The second-order valence-corrected chi connectivity index (χ2v) is 8.17. The molecule has 0 radical (unpaired) electrons. The van der Waals surface area contributed by atoms with Crippen LogP contribution in [0, 0.1) is 19.8 Å². The van der Waals surface area contributed by atoms with Crippen LogP contribution < -0.4 is 10.6 Å². The first-order valence-corrected chi connectivity index (χ1v) is 10.6. The third-order valence-corrected chi connectivity index (χ3v) is 5.09. The summed E-state index contributed by atoms with van der Waals surface area (Å²) >= 11 is 0. The Labute approximate surface area is 183 Å². The number of hydrogen-bond donors (Lipinski definition) is 2. The Hall–Kier alpha value is -3.41. The van der Waals surface area contributed by atoms with E-state index in [-0.39, 0.29) is 11.8 Å². The quantitative estimate of drug-likeness (QED) is 0.538. The predicted molar refractivity (Wildman–Crippen MR) is 125 cm³/mol. The van der Waals surface area contributed by atoms with Gasteiger partial charge < -0.3 is 10.6 Å². The van der Waals surface area contributed by atoms with Crippen LogP contribution in [0.25, 0.3) is 5.69 Å². The van der Waals surface area contributed by atoms with Crippen molar-refractivity contribution in [1.82, 2.24) is 9.78 Å². The minimum Gasteiger partial charge on any atom is -0.326 e. The fourth-order valence-electron chi connectivity index (χ4n) is 3.54. The van der Waals surface area contributed by atoms with Gasteiger partial charge in [0.15, 0.2) is 0 Å². The van der Waals surface area contributed by atoms with E-state index in [1.165, 1.54) is 0 Å². The van der Waals surface area contributed by atoms with E-state index in [1.54, 1.807) is 24.3 Å². The zero-order chi connectivity index (χ0) is 22.4. The van der Waals surface area contributed by atoms with Crippen LogP contribution in [0.5, 0.6) is 0 Å². The van der Waals surface area contributed by atoms with Crippen molar-refractivity contribution in [3.8, 4) is 5.69 Å². The number of aryl methyl sites for hydroxylation is 1. The van der Waals surface area contributed by atoms with Gasteiger partial charge in [-0.25, -0.2) is 4.68 Å². The summed E-state index contributed by atoms with van der Waals surface area (Å²) in [6.07, 6.45) is 1.48. The molecule has 6 heteroatoms. The smallest absolute Gasteiger partial charge is 0.224 e. The molecule has 162 valence electrons. The molecule has 0 aliphatic heterocycles. The van der Waals surface area contributed by atoms with Crippen LogP contribution in [-0.2, 0) is 16.0 Å². The molecule has 1 heterocycles. The molecule has 0 atom stereocenters. The predicted octanol–water partition coefficient (Wildman–Crippen LogP) is 5.05. The molecule has 0 unspecified atom stereocenters. The molecule has 0 aliphatic rings. The fraction of sp³-hybridized carbons (Fsp3) is 0.320. The topological polar surface area (TPSA) is 76.0 Å². The average molecular weight is 419 g/mol. The minimum absolute atomic E-state index is 0.00595. The highest BCUT2D eigenvalue weighted by Gasteiger charge is 2.14. The number of benzene rings is 2. The number of anilines is 2. The Morgan fingerprint density at radius 2 is 1.48 bits per heavy atom. The molecule has 0 aliphatic carbocycles. The molecule has 0 bridgehead atoms. The third kappa shape index (κ3) is 6.04. The van der Waals surface area contributed by atoms with Gasteiger partial charge in [0.2, 0.25) is 11.8 Å². The van der Waals surface area contributed by atoms with Gasteiger partial charge in [-0.1, -0.05) is 32.0 Å². The molecular formula is C25H30N4O2. The van der Waals surface area contributed by atoms with E-state index >= 15 is 0 Å². The SMILES string of the molecule is Cc1nn(-c2ccccc2)c(C)c1CCC(=O)Nc1ccc(NC(=O)CC(C)C)cc1. The number of hydrogen-bond acceptors (Lipinski definition) is 3. The number of para-hydroxylation sites is 1. The average Bonchev–Trinajstić information content (AvgIpc) is 3.01. The van der Waals surface area contributed by atoms with Crippen molar-refractivity contribution in [2.75, 3.05) is 10.6 Å². The normalized spacial score (nSPS) is 10.9. The number of rotatable bonds is 8. The Kier molecular flexibility index (Phi) is 7.23. The van der Waals surface area contributed by atoms with Crippen molar-refractivity contribution < 1.29 is 9.59 Å². The third-order valence-electron chi connectivity index (χ3n) is 5.09. The molecule has 3 rings (SSSR count). The largest absolute Gasteiger partial charge is 0.326 e. The van der Waals surface area contributed by atoms with E-state index in [0.717, 1.165) is 28.3 Å². The molecule has 2 aromatic carbocycles. The molecule has 0 spiro atoms. The summed E-state index contributed by atoms with van der Waals surface area (Å²) in [4.78, 5) is 24.3. The van der Waals surface area contributed by atoms with Crippen LogP contribution in [0.3, 0.4) is 0 Å². The number of nitrogens with zero attached hydrogens (tertiary/aromatic N) is 2. The van der Waals surface area contributed by atoms with Gasteiger partial charge in [-0.3, -0.25) is 9.59 Å². The van der Waals surface area contributed by atoms with Gasteiger partial charge in [0.05, 0.1) is 11.4 Å². The number of carbonyl (C=O) groups is 2. The van der Waals surface area contributed by atoms with Gasteiger partial charge in [-0.15, -0.1) is 0 Å². The van der Waals surface area contributed by atoms with Crippen molar-refractivity contribution in [2.24, 2.45) is 5.92 Å². The molecule has 2 N–H and O–H groups in total. The zero-order valence-corrected chi connectivity index (χ0v) is 18.6. The second-order valence-electron chi connectivity index (χ2n) is 8.17. The van der Waals surface area contributed by atoms with Crippen molar-refractivity contribution in [1.29, 1.82) is 0 Å². The number of amides is 2. The molecule has 6 nitrogen and oxygen atoms in total. The number of carbonyl (C=O) groups excluding carboxylic acids is 2. The first-order valence-electron chi connectivity index (χ1n) is 10.6. The van der Waals surface area contributed by atoms with Gasteiger partial charge in [0.1, 0.15) is 0 Å². The maximum atomic E-state index is 12.5. The van der Waals surface area contributed by atoms with E-state index < -0.39 is 0 Å². The highest BCUT2D eigenvalue weighted by Crippen LogP contribution is 2.20. The van der Waals surface area contributed by atoms with Crippen molar-refractivity contribution in [3.63, 3.8) is 0 Å². The highest BCUT2D eigenvalue weighted by molar-refractivity contribution is 5.93. The Bertz CT molecular complexity index is 1040. The summed E-state index contributed by atoms with van der Waals surface area (Å²) in [6, 6.07) is 17.2. The molecule has 2 amide bonds. The second kappa shape index (κ2) is 10.1. The summed E-state index contributed by atoms with van der Waals surface area (Å²) in [6.45, 7) is 8.03. The molecule has 3 aromatic rings. The number of nitrogens with one attached hydrogen (secondary N) is 2. The van der Waals surface area contributed by atoms with Crippen molar-refractivity contribution in [3.05, 3.63) is 71.5 Å². The van der Waals surface area contributed by atoms with Gasteiger partial charge in [-0.05, 0) is 68.1 Å². The number of aromatic nitrogens is 2. The Morgan fingerprint density at radius 3 is 2.06 bits per heavy atom. The van der Waals surface area contributed by atoms with Crippen molar-refractivity contribution >= 4 is 23.2 Å². The minimum atomic E-state index is -0.0529. The van der Waals surface area contributed by atoms with E-state index in [0.29, 0.717) is 30.9 Å². The first-order chi connectivity index (χ1) is 14.8. The molecular weight excluding hydrogens is 388 g/mol. The lowest BCUT2D eigenvalue weighted by Crippen LogP contribution is -2.14. The summed E-state index contributed by atoms with van der Waals surface area (Å²) in [7, 11) is 0. The van der Waals surface area contributed by atoms with Gasteiger partial charge >= 0.3 is 0 Å². The van der Waals surface area contributed by atoms with Crippen LogP contribution in [-0.4, -0.2) is 21.6 Å². The standard InChI is InChI=1S/C25H30N4O2/c1-17(2)16-25(31)27-21-12-10-20(11-13-21)26-24(30)15-14-23-18(3)28-29(19(23)4)22-8-6-5-7-9-22/h5-13,17H,14-16H2,1-4H3,(H,26,30)(H,27,31).